The van der Waals surface area contributed by atoms with E-state index in [-0.39, 0.29) is 31.4 Å². The molecule has 0 saturated carbocycles. The number of anilines is 1. The van der Waals surface area contributed by atoms with E-state index in [4.69, 9.17) is 4.74 Å². The van der Waals surface area contributed by atoms with Crippen molar-refractivity contribution in [1.29, 1.82) is 0 Å². The highest BCUT2D eigenvalue weighted by Gasteiger charge is 2.33. The van der Waals surface area contributed by atoms with Crippen molar-refractivity contribution in [2.75, 3.05) is 31.6 Å². The number of aliphatic hydroxyl groups excluding tert-OH is 1. The first-order valence-corrected chi connectivity index (χ1v) is 8.54. The first kappa shape index (κ1) is 23.5. The Morgan fingerprint density at radius 1 is 0.967 bits per heavy atom. The van der Waals surface area contributed by atoms with Gasteiger partial charge in [-0.05, 0) is 30.3 Å². The second-order valence-corrected chi connectivity index (χ2v) is 5.88. The van der Waals surface area contributed by atoms with E-state index in [9.17, 15) is 31.4 Å². The molecular formula is C17H18F6N4O3. The zero-order valence-corrected chi connectivity index (χ0v) is 15.3. The monoisotopic (exact) mass is 440 g/mol. The molecule has 0 aliphatic rings. The summed E-state index contributed by atoms with van der Waals surface area (Å²) < 4.78 is 82.9. The average molecular weight is 440 g/mol. The molecule has 3 N–H and O–H groups in total. The van der Waals surface area contributed by atoms with Gasteiger partial charge in [0, 0.05) is 25.8 Å². The first-order valence-electron chi connectivity index (χ1n) is 8.54. The van der Waals surface area contributed by atoms with E-state index >= 15 is 0 Å². The highest BCUT2D eigenvalue weighted by Crippen LogP contribution is 2.27. The fourth-order valence-electron chi connectivity index (χ4n) is 2.12. The number of ether oxygens (including phenoxy) is 2. The van der Waals surface area contributed by atoms with Gasteiger partial charge in [-0.25, -0.2) is 9.97 Å². The maximum absolute atomic E-state index is 12.6. The van der Waals surface area contributed by atoms with Gasteiger partial charge in [-0.1, -0.05) is 0 Å². The molecule has 0 unspecified atom stereocenters. The fraction of sp³-hybridized carbons (Fsp3) is 0.412. The minimum absolute atomic E-state index is 0.112. The third-order valence-corrected chi connectivity index (χ3v) is 3.41. The van der Waals surface area contributed by atoms with Crippen LogP contribution in [0.15, 0.2) is 36.5 Å². The molecule has 0 spiro atoms. The number of hydrogen-bond acceptors (Lipinski definition) is 7. The van der Waals surface area contributed by atoms with E-state index < -0.39 is 30.1 Å². The Labute approximate surface area is 167 Å². The van der Waals surface area contributed by atoms with Crippen LogP contribution in [-0.2, 0) is 6.18 Å². The van der Waals surface area contributed by atoms with Crippen molar-refractivity contribution in [3.63, 3.8) is 0 Å². The topological polar surface area (TPSA) is 88.5 Å². The lowest BCUT2D eigenvalue weighted by Gasteiger charge is -2.14. The summed E-state index contributed by atoms with van der Waals surface area (Å²) >= 11 is 0. The van der Waals surface area contributed by atoms with Crippen LogP contribution in [-0.4, -0.2) is 53.8 Å². The molecule has 0 radical (unpaired) electrons. The number of aromatic nitrogens is 2. The van der Waals surface area contributed by atoms with Gasteiger partial charge in [-0.15, -0.1) is 13.2 Å². The van der Waals surface area contributed by atoms with E-state index in [1.807, 2.05) is 0 Å². The van der Waals surface area contributed by atoms with Gasteiger partial charge < -0.3 is 25.2 Å². The van der Waals surface area contributed by atoms with Crippen molar-refractivity contribution in [2.45, 2.75) is 18.6 Å². The van der Waals surface area contributed by atoms with Crippen molar-refractivity contribution in [1.82, 2.24) is 15.3 Å². The number of nitrogens with one attached hydrogen (secondary N) is 2. The molecule has 1 heterocycles. The standard InChI is InChI=1S/C17H18F6N4O3/c18-16(19,20)14-5-6-25-15(27-14)26-8-7-24-9-11(28)10-29-12-1-3-13(4-2-12)30-17(21,22)23/h1-6,11,24,28H,7-10H2,(H,25,26,27)/t11-/m1/s1. The second-order valence-electron chi connectivity index (χ2n) is 5.88. The largest absolute Gasteiger partial charge is 0.573 e. The fourth-order valence-corrected chi connectivity index (χ4v) is 2.12. The molecule has 0 bridgehead atoms. The maximum Gasteiger partial charge on any atom is 0.573 e. The Morgan fingerprint density at radius 2 is 1.63 bits per heavy atom. The summed E-state index contributed by atoms with van der Waals surface area (Å²) in [5.41, 5.74) is -1.06. The van der Waals surface area contributed by atoms with Crippen LogP contribution in [0.5, 0.6) is 11.5 Å². The number of rotatable bonds is 10. The summed E-state index contributed by atoms with van der Waals surface area (Å²) in [7, 11) is 0. The van der Waals surface area contributed by atoms with Crippen molar-refractivity contribution >= 4 is 5.95 Å². The molecule has 1 atom stereocenters. The highest BCUT2D eigenvalue weighted by atomic mass is 19.4. The summed E-state index contributed by atoms with van der Waals surface area (Å²) in [6, 6.07) is 5.45. The number of alkyl halides is 6. The Hall–Kier alpha value is -2.80. The number of benzene rings is 1. The van der Waals surface area contributed by atoms with E-state index in [0.29, 0.717) is 6.54 Å². The predicted molar refractivity (Wildman–Crippen MR) is 93.0 cm³/mol. The molecule has 0 fully saturated rings. The van der Waals surface area contributed by atoms with Crippen molar-refractivity contribution in [3.8, 4) is 11.5 Å². The Bertz CT molecular complexity index is 786. The molecule has 1 aromatic carbocycles. The van der Waals surface area contributed by atoms with Crippen LogP contribution in [0.2, 0.25) is 0 Å². The van der Waals surface area contributed by atoms with Gasteiger partial charge in [0.05, 0.1) is 0 Å². The van der Waals surface area contributed by atoms with Gasteiger partial charge in [0.25, 0.3) is 0 Å². The molecule has 1 aromatic heterocycles. The summed E-state index contributed by atoms with van der Waals surface area (Å²) in [6.07, 6.45) is -9.28. The molecule has 2 aromatic rings. The zero-order valence-electron chi connectivity index (χ0n) is 15.3. The van der Waals surface area contributed by atoms with Crippen LogP contribution in [0.25, 0.3) is 0 Å². The van der Waals surface area contributed by atoms with Crippen molar-refractivity contribution < 1.29 is 40.9 Å². The minimum atomic E-state index is -4.79. The average Bonchev–Trinajstić information content (AvgIpc) is 2.65. The smallest absolute Gasteiger partial charge is 0.491 e. The molecule has 0 saturated heterocycles. The van der Waals surface area contributed by atoms with Gasteiger partial charge in [0.1, 0.15) is 29.9 Å². The molecule has 0 amide bonds. The normalized spacial score (nSPS) is 13.0. The van der Waals surface area contributed by atoms with Crippen LogP contribution in [0.1, 0.15) is 5.69 Å². The van der Waals surface area contributed by atoms with Crippen LogP contribution >= 0.6 is 0 Å². The number of halogens is 6. The summed E-state index contributed by atoms with van der Waals surface area (Å²) in [5.74, 6) is -0.324. The minimum Gasteiger partial charge on any atom is -0.491 e. The zero-order chi connectivity index (χ0) is 22.2. The lowest BCUT2D eigenvalue weighted by atomic mass is 10.3. The van der Waals surface area contributed by atoms with Gasteiger partial charge >= 0.3 is 12.5 Å². The van der Waals surface area contributed by atoms with E-state index in [1.54, 1.807) is 0 Å². The molecule has 0 aliphatic heterocycles. The van der Waals surface area contributed by atoms with E-state index in [0.717, 1.165) is 24.4 Å². The highest BCUT2D eigenvalue weighted by molar-refractivity contribution is 5.31. The molecule has 2 rings (SSSR count). The maximum atomic E-state index is 12.6. The van der Waals surface area contributed by atoms with Gasteiger partial charge in [0.2, 0.25) is 5.95 Å². The van der Waals surface area contributed by atoms with Crippen molar-refractivity contribution in [3.05, 3.63) is 42.2 Å². The molecule has 7 nitrogen and oxygen atoms in total. The van der Waals surface area contributed by atoms with Crippen LogP contribution in [0.3, 0.4) is 0 Å². The van der Waals surface area contributed by atoms with Gasteiger partial charge in [0.15, 0.2) is 0 Å². The third-order valence-electron chi connectivity index (χ3n) is 3.41. The Kier molecular flexibility index (Phi) is 8.06. The molecule has 166 valence electrons. The van der Waals surface area contributed by atoms with Crippen LogP contribution < -0.4 is 20.1 Å². The summed E-state index contributed by atoms with van der Waals surface area (Å²) in [5, 5.41) is 15.3. The van der Waals surface area contributed by atoms with Gasteiger partial charge in [-0.2, -0.15) is 13.2 Å². The van der Waals surface area contributed by atoms with Crippen LogP contribution in [0.4, 0.5) is 32.3 Å². The van der Waals surface area contributed by atoms with Gasteiger partial charge in [-0.3, -0.25) is 0 Å². The summed E-state index contributed by atoms with van der Waals surface area (Å²) in [6.45, 7) is 0.479. The molecule has 30 heavy (non-hydrogen) atoms. The number of aliphatic hydroxyl groups is 1. The lowest BCUT2D eigenvalue weighted by Crippen LogP contribution is -2.34. The Morgan fingerprint density at radius 3 is 2.27 bits per heavy atom. The first-order chi connectivity index (χ1) is 14.0. The number of nitrogens with zero attached hydrogens (tertiary/aromatic N) is 2. The summed E-state index contributed by atoms with van der Waals surface area (Å²) in [4.78, 5) is 7.03. The van der Waals surface area contributed by atoms with Crippen LogP contribution in [0, 0.1) is 0 Å². The number of hydrogen-bond donors (Lipinski definition) is 3. The molecule has 13 heteroatoms. The quantitative estimate of drug-likeness (QED) is 0.387. The second kappa shape index (κ2) is 10.3. The lowest BCUT2D eigenvalue weighted by molar-refractivity contribution is -0.274. The molecular weight excluding hydrogens is 422 g/mol. The van der Waals surface area contributed by atoms with E-state index in [2.05, 4.69) is 25.3 Å². The Balaban J connectivity index is 1.63. The van der Waals surface area contributed by atoms with Crippen molar-refractivity contribution in [2.24, 2.45) is 0 Å². The predicted octanol–water partition coefficient (Wildman–Crippen LogP) is 2.84. The third kappa shape index (κ3) is 8.69. The molecule has 0 aliphatic carbocycles. The SMILES string of the molecule is O[C@H](CNCCNc1nccc(C(F)(F)F)n1)COc1ccc(OC(F)(F)F)cc1. The van der Waals surface area contributed by atoms with E-state index in [1.165, 1.54) is 12.1 Å².